The number of hydrogen-bond acceptors (Lipinski definition) is 6. The Morgan fingerprint density at radius 1 is 1.11 bits per heavy atom. The Hall–Kier alpha value is -4.20. The number of rotatable bonds is 5. The molecular formula is C27H27N5O3. The van der Waals surface area contributed by atoms with Crippen LogP contribution in [0.15, 0.2) is 65.7 Å². The van der Waals surface area contributed by atoms with Gasteiger partial charge in [0.2, 0.25) is 11.8 Å². The molecule has 0 saturated carbocycles. The second kappa shape index (κ2) is 9.58. The standard InChI is InChI=1S/C27H27N5O3/c1-17(33)32-13-9-19(10-14-32)18-3-5-22(6-4-18)30-26-25-21(8-12-29-27(25)34)15-23(31-26)20-7-11-28-24(16-20)35-2/h3-8,11-12,15-16,19H,9-10,13-14H2,1-2H3,(H,29,34)(H,30,31). The zero-order chi connectivity index (χ0) is 24.4. The average Bonchev–Trinajstić information content (AvgIpc) is 2.89. The van der Waals surface area contributed by atoms with E-state index in [9.17, 15) is 9.59 Å². The number of nitrogens with zero attached hydrogens (tertiary/aromatic N) is 3. The number of likely N-dealkylation sites (tertiary alicyclic amines) is 1. The van der Waals surface area contributed by atoms with Gasteiger partial charge in [0.05, 0.1) is 18.2 Å². The highest BCUT2D eigenvalue weighted by Crippen LogP contribution is 2.31. The monoisotopic (exact) mass is 469 g/mol. The number of fused-ring (bicyclic) bond motifs is 1. The molecule has 8 heteroatoms. The largest absolute Gasteiger partial charge is 0.481 e. The molecule has 1 amide bonds. The van der Waals surface area contributed by atoms with Crippen molar-refractivity contribution in [2.45, 2.75) is 25.7 Å². The molecule has 5 rings (SSSR count). The Morgan fingerprint density at radius 3 is 2.60 bits per heavy atom. The zero-order valence-corrected chi connectivity index (χ0v) is 19.7. The van der Waals surface area contributed by atoms with Crippen molar-refractivity contribution in [3.63, 3.8) is 0 Å². The number of hydrogen-bond donors (Lipinski definition) is 2. The molecule has 1 aliphatic heterocycles. The van der Waals surface area contributed by atoms with E-state index in [0.717, 1.165) is 42.6 Å². The van der Waals surface area contributed by atoms with Crippen LogP contribution in [-0.4, -0.2) is 46.0 Å². The Labute approximate surface area is 203 Å². The van der Waals surface area contributed by atoms with Crippen LogP contribution in [0.4, 0.5) is 11.5 Å². The Kier molecular flexibility index (Phi) is 6.18. The number of aromatic nitrogens is 3. The molecule has 1 aliphatic rings. The summed E-state index contributed by atoms with van der Waals surface area (Å²) in [6.45, 7) is 3.22. The van der Waals surface area contributed by atoms with Gasteiger partial charge < -0.3 is 19.9 Å². The maximum atomic E-state index is 12.7. The summed E-state index contributed by atoms with van der Waals surface area (Å²) in [4.78, 5) is 37.9. The molecule has 0 spiro atoms. The molecule has 1 fully saturated rings. The maximum absolute atomic E-state index is 12.7. The Morgan fingerprint density at radius 2 is 1.89 bits per heavy atom. The smallest absolute Gasteiger partial charge is 0.259 e. The van der Waals surface area contributed by atoms with Gasteiger partial charge in [-0.1, -0.05) is 12.1 Å². The number of nitrogens with one attached hydrogen (secondary N) is 2. The molecule has 3 aromatic heterocycles. The molecule has 4 aromatic rings. The number of H-pyrrole nitrogens is 1. The van der Waals surface area contributed by atoms with Crippen LogP contribution >= 0.6 is 0 Å². The van der Waals surface area contributed by atoms with Crippen LogP contribution in [0.2, 0.25) is 0 Å². The van der Waals surface area contributed by atoms with E-state index in [2.05, 4.69) is 27.4 Å². The molecule has 2 N–H and O–H groups in total. The SMILES string of the molecule is COc1cc(-c2cc3cc[nH]c(=O)c3c(Nc3ccc(C4CCN(C(C)=O)CC4)cc3)n2)ccn1. The van der Waals surface area contributed by atoms with Gasteiger partial charge in [-0.05, 0) is 60.0 Å². The highest BCUT2D eigenvalue weighted by Gasteiger charge is 2.22. The first-order valence-corrected chi connectivity index (χ1v) is 11.7. The summed E-state index contributed by atoms with van der Waals surface area (Å²) in [5.41, 5.74) is 3.45. The minimum atomic E-state index is -0.204. The number of carbonyl (C=O) groups excluding carboxylic acids is 1. The topological polar surface area (TPSA) is 100 Å². The number of methoxy groups -OCH3 is 1. The minimum absolute atomic E-state index is 0.144. The maximum Gasteiger partial charge on any atom is 0.259 e. The lowest BCUT2D eigenvalue weighted by Crippen LogP contribution is -2.36. The predicted molar refractivity (Wildman–Crippen MR) is 136 cm³/mol. The van der Waals surface area contributed by atoms with Crippen molar-refractivity contribution in [3.8, 4) is 17.1 Å². The molecule has 1 aromatic carbocycles. The highest BCUT2D eigenvalue weighted by atomic mass is 16.5. The fraction of sp³-hybridized carbons (Fsp3) is 0.259. The number of aromatic amines is 1. The van der Waals surface area contributed by atoms with Crippen LogP contribution in [0, 0.1) is 0 Å². The molecular weight excluding hydrogens is 442 g/mol. The summed E-state index contributed by atoms with van der Waals surface area (Å²) in [7, 11) is 1.57. The van der Waals surface area contributed by atoms with E-state index in [0.29, 0.717) is 28.7 Å². The third-order valence-corrected chi connectivity index (χ3v) is 6.58. The average molecular weight is 470 g/mol. The van der Waals surface area contributed by atoms with Crippen molar-refractivity contribution in [1.29, 1.82) is 0 Å². The van der Waals surface area contributed by atoms with Crippen LogP contribution in [0.25, 0.3) is 22.0 Å². The lowest BCUT2D eigenvalue weighted by atomic mass is 9.89. The van der Waals surface area contributed by atoms with E-state index in [-0.39, 0.29) is 11.5 Å². The number of piperidine rings is 1. The van der Waals surface area contributed by atoms with Crippen molar-refractivity contribution >= 4 is 28.2 Å². The molecule has 0 radical (unpaired) electrons. The fourth-order valence-electron chi connectivity index (χ4n) is 4.64. The Balaban J connectivity index is 1.44. The van der Waals surface area contributed by atoms with E-state index < -0.39 is 0 Å². The number of anilines is 2. The summed E-state index contributed by atoms with van der Waals surface area (Å²) in [5, 5.41) is 4.63. The number of pyridine rings is 3. The summed E-state index contributed by atoms with van der Waals surface area (Å²) >= 11 is 0. The van der Waals surface area contributed by atoms with Gasteiger partial charge in [-0.15, -0.1) is 0 Å². The zero-order valence-electron chi connectivity index (χ0n) is 19.7. The molecule has 0 aliphatic carbocycles. The lowest BCUT2D eigenvalue weighted by molar-refractivity contribution is -0.129. The molecule has 0 unspecified atom stereocenters. The third-order valence-electron chi connectivity index (χ3n) is 6.58. The van der Waals surface area contributed by atoms with Gasteiger partial charge in [0.1, 0.15) is 5.82 Å². The second-order valence-corrected chi connectivity index (χ2v) is 8.74. The first-order valence-electron chi connectivity index (χ1n) is 11.7. The minimum Gasteiger partial charge on any atom is -0.481 e. The number of carbonyl (C=O) groups is 1. The summed E-state index contributed by atoms with van der Waals surface area (Å²) in [6.07, 6.45) is 5.23. The van der Waals surface area contributed by atoms with Gasteiger partial charge in [-0.25, -0.2) is 9.97 Å². The van der Waals surface area contributed by atoms with Crippen LogP contribution in [0.5, 0.6) is 5.88 Å². The normalized spacial score (nSPS) is 14.2. The van der Waals surface area contributed by atoms with Gasteiger partial charge in [0.15, 0.2) is 0 Å². The molecule has 0 bridgehead atoms. The number of amides is 1. The van der Waals surface area contributed by atoms with Gasteiger partial charge in [0.25, 0.3) is 5.56 Å². The molecule has 35 heavy (non-hydrogen) atoms. The van der Waals surface area contributed by atoms with Crippen LogP contribution < -0.4 is 15.6 Å². The van der Waals surface area contributed by atoms with Gasteiger partial charge in [-0.2, -0.15) is 0 Å². The Bertz CT molecular complexity index is 1420. The lowest BCUT2D eigenvalue weighted by Gasteiger charge is -2.31. The third kappa shape index (κ3) is 4.73. The second-order valence-electron chi connectivity index (χ2n) is 8.74. The van der Waals surface area contributed by atoms with E-state index in [1.165, 1.54) is 5.56 Å². The van der Waals surface area contributed by atoms with Crippen LogP contribution in [-0.2, 0) is 4.79 Å². The van der Waals surface area contributed by atoms with E-state index in [1.54, 1.807) is 26.4 Å². The number of ether oxygens (including phenoxy) is 1. The summed E-state index contributed by atoms with van der Waals surface area (Å²) in [5.74, 6) is 1.56. The molecule has 1 saturated heterocycles. The van der Waals surface area contributed by atoms with Crippen LogP contribution in [0.1, 0.15) is 31.2 Å². The summed E-state index contributed by atoms with van der Waals surface area (Å²) < 4.78 is 5.26. The first kappa shape index (κ1) is 22.6. The van der Waals surface area contributed by atoms with E-state index >= 15 is 0 Å². The summed E-state index contributed by atoms with van der Waals surface area (Å²) in [6, 6.07) is 15.7. The molecule has 8 nitrogen and oxygen atoms in total. The fourth-order valence-corrected chi connectivity index (χ4v) is 4.64. The van der Waals surface area contributed by atoms with Gasteiger partial charge in [0, 0.05) is 49.7 Å². The van der Waals surface area contributed by atoms with Crippen LogP contribution in [0.3, 0.4) is 0 Å². The highest BCUT2D eigenvalue weighted by molar-refractivity contribution is 5.95. The molecule has 178 valence electrons. The molecule has 4 heterocycles. The van der Waals surface area contributed by atoms with Crippen molar-refractivity contribution < 1.29 is 9.53 Å². The van der Waals surface area contributed by atoms with E-state index in [4.69, 9.17) is 9.72 Å². The van der Waals surface area contributed by atoms with Crippen molar-refractivity contribution in [2.75, 3.05) is 25.5 Å². The van der Waals surface area contributed by atoms with Crippen molar-refractivity contribution in [2.24, 2.45) is 0 Å². The van der Waals surface area contributed by atoms with Crippen molar-refractivity contribution in [3.05, 3.63) is 76.8 Å². The van der Waals surface area contributed by atoms with E-state index in [1.807, 2.05) is 41.3 Å². The van der Waals surface area contributed by atoms with Gasteiger partial charge in [-0.3, -0.25) is 9.59 Å². The quantitative estimate of drug-likeness (QED) is 0.448. The molecule has 0 atom stereocenters. The van der Waals surface area contributed by atoms with Gasteiger partial charge >= 0.3 is 0 Å². The number of benzene rings is 1. The first-order chi connectivity index (χ1) is 17.0. The van der Waals surface area contributed by atoms with Crippen molar-refractivity contribution in [1.82, 2.24) is 19.9 Å². The predicted octanol–water partition coefficient (Wildman–Crippen LogP) is 4.46.